The number of nitrogens with zero attached hydrogens (tertiary/aromatic N) is 2. The number of nitrogen functional groups attached to an aromatic ring is 1. The summed E-state index contributed by atoms with van der Waals surface area (Å²) >= 11 is 1.27. The maximum Gasteiger partial charge on any atom is 0.277 e. The molecule has 5 rings (SSSR count). The number of aliphatic hydroxyl groups is 1. The Morgan fingerprint density at radius 3 is 2.85 bits per heavy atom. The first kappa shape index (κ1) is 27.1. The van der Waals surface area contributed by atoms with Crippen LogP contribution in [0.15, 0.2) is 60.8 Å². The summed E-state index contributed by atoms with van der Waals surface area (Å²) in [4.78, 5) is 6.90. The molecule has 4 aromatic rings. The van der Waals surface area contributed by atoms with E-state index in [1.54, 1.807) is 18.2 Å². The van der Waals surface area contributed by atoms with Crippen LogP contribution in [-0.4, -0.2) is 48.1 Å². The van der Waals surface area contributed by atoms with Crippen molar-refractivity contribution in [2.45, 2.75) is 37.2 Å². The second-order valence-electron chi connectivity index (χ2n) is 9.52. The van der Waals surface area contributed by atoms with Crippen molar-refractivity contribution in [3.8, 4) is 5.75 Å². The number of pyridine rings is 1. The van der Waals surface area contributed by atoms with E-state index in [4.69, 9.17) is 10.5 Å². The van der Waals surface area contributed by atoms with Crippen molar-refractivity contribution in [3.05, 3.63) is 71.9 Å². The van der Waals surface area contributed by atoms with E-state index in [0.717, 1.165) is 28.9 Å². The number of sulfonamides is 1. The number of rotatable bonds is 11. The van der Waals surface area contributed by atoms with Crippen molar-refractivity contribution in [2.24, 2.45) is 0 Å². The second-order valence-corrected chi connectivity index (χ2v) is 12.5. The molecule has 1 aliphatic heterocycles. The van der Waals surface area contributed by atoms with Crippen LogP contribution in [0.25, 0.3) is 10.2 Å². The third kappa shape index (κ3) is 5.93. The number of aromatic nitrogens is 2. The minimum absolute atomic E-state index is 0.0495. The summed E-state index contributed by atoms with van der Waals surface area (Å²) in [6.45, 7) is 2.99. The van der Waals surface area contributed by atoms with Crippen LogP contribution in [0.1, 0.15) is 37.0 Å². The van der Waals surface area contributed by atoms with Crippen LogP contribution in [0.2, 0.25) is 0 Å². The van der Waals surface area contributed by atoms with Crippen molar-refractivity contribution in [3.63, 3.8) is 0 Å². The Morgan fingerprint density at radius 1 is 1.21 bits per heavy atom. The Balaban J connectivity index is 1.37. The molecule has 0 amide bonds. The summed E-state index contributed by atoms with van der Waals surface area (Å²) in [5.41, 5.74) is 8.83. The normalized spacial score (nSPS) is 17.8. The van der Waals surface area contributed by atoms with Crippen LogP contribution >= 0.6 is 11.3 Å². The molecular formula is C27H32N6O4S2. The van der Waals surface area contributed by atoms with Crippen LogP contribution in [0.4, 0.5) is 16.6 Å². The summed E-state index contributed by atoms with van der Waals surface area (Å²) in [6.07, 6.45) is 2.34. The number of aliphatic hydroxyl groups excluding tert-OH is 1. The summed E-state index contributed by atoms with van der Waals surface area (Å²) in [5, 5.41) is 17.3. The minimum atomic E-state index is -4.09. The molecule has 0 radical (unpaired) electrons. The number of nitrogens with one attached hydrogen (secondary N) is 3. The first-order valence-corrected chi connectivity index (χ1v) is 15.1. The quantitative estimate of drug-likeness (QED) is 0.181. The molecule has 10 nitrogen and oxygen atoms in total. The molecule has 2 atom stereocenters. The van der Waals surface area contributed by atoms with Gasteiger partial charge in [-0.15, -0.1) is 0 Å². The molecule has 0 saturated heterocycles. The maximum atomic E-state index is 13.9. The number of anilines is 3. The second kappa shape index (κ2) is 11.3. The molecule has 0 aliphatic carbocycles. The zero-order chi connectivity index (χ0) is 27.5. The molecule has 1 aliphatic rings. The number of thiazole rings is 1. The SMILES string of the molecule is CCCNc1ccc2nc(NS(=O)(=O)C3(CNCC(O)c4ccc(N)nc4)CCc4ccccc4O3)sc2c1. The van der Waals surface area contributed by atoms with E-state index < -0.39 is 21.1 Å². The summed E-state index contributed by atoms with van der Waals surface area (Å²) in [7, 11) is -4.09. The summed E-state index contributed by atoms with van der Waals surface area (Å²) in [6, 6.07) is 16.5. The number of fused-ring (bicyclic) bond motifs is 2. The third-order valence-corrected chi connectivity index (χ3v) is 9.59. The van der Waals surface area contributed by atoms with Gasteiger partial charge in [-0.3, -0.25) is 4.72 Å². The molecular weight excluding hydrogens is 536 g/mol. The molecule has 39 heavy (non-hydrogen) atoms. The van der Waals surface area contributed by atoms with E-state index in [9.17, 15) is 13.5 Å². The van der Waals surface area contributed by atoms with Gasteiger partial charge in [0.25, 0.3) is 10.0 Å². The van der Waals surface area contributed by atoms with E-state index in [1.165, 1.54) is 17.5 Å². The largest absolute Gasteiger partial charge is 0.468 e. The fraction of sp³-hybridized carbons (Fsp3) is 0.333. The molecule has 0 fully saturated rings. The lowest BCUT2D eigenvalue weighted by molar-refractivity contribution is 0.114. The monoisotopic (exact) mass is 568 g/mol. The zero-order valence-electron chi connectivity index (χ0n) is 21.6. The molecule has 2 unspecified atom stereocenters. The van der Waals surface area contributed by atoms with Gasteiger partial charge in [-0.1, -0.05) is 42.5 Å². The molecule has 0 saturated carbocycles. The van der Waals surface area contributed by atoms with Gasteiger partial charge in [-0.2, -0.15) is 0 Å². The molecule has 0 spiro atoms. The Hall–Kier alpha value is -3.45. The van der Waals surface area contributed by atoms with Crippen LogP contribution in [0.3, 0.4) is 0 Å². The number of nitrogens with two attached hydrogens (primary N) is 1. The van der Waals surface area contributed by atoms with Crippen molar-refractivity contribution >= 4 is 48.2 Å². The fourth-order valence-electron chi connectivity index (χ4n) is 4.48. The highest BCUT2D eigenvalue weighted by molar-refractivity contribution is 7.94. The Morgan fingerprint density at radius 2 is 2.05 bits per heavy atom. The minimum Gasteiger partial charge on any atom is -0.468 e. The van der Waals surface area contributed by atoms with E-state index in [2.05, 4.69) is 32.2 Å². The van der Waals surface area contributed by atoms with Crippen molar-refractivity contribution in [1.82, 2.24) is 15.3 Å². The summed E-state index contributed by atoms with van der Waals surface area (Å²) < 4.78 is 37.7. The van der Waals surface area contributed by atoms with E-state index in [1.807, 2.05) is 36.4 Å². The number of aryl methyl sites for hydroxylation is 1. The van der Waals surface area contributed by atoms with Crippen molar-refractivity contribution < 1.29 is 18.3 Å². The van der Waals surface area contributed by atoms with Crippen LogP contribution in [0, 0.1) is 0 Å². The van der Waals surface area contributed by atoms with Gasteiger partial charge >= 0.3 is 0 Å². The van der Waals surface area contributed by atoms with Crippen LogP contribution in [0.5, 0.6) is 5.75 Å². The Bertz CT molecular complexity index is 1540. The average molecular weight is 569 g/mol. The van der Waals surface area contributed by atoms with Gasteiger partial charge in [-0.05, 0) is 48.7 Å². The lowest BCUT2D eigenvalue weighted by Gasteiger charge is -2.38. The van der Waals surface area contributed by atoms with Crippen molar-refractivity contribution in [1.29, 1.82) is 0 Å². The van der Waals surface area contributed by atoms with Crippen LogP contribution < -0.4 is 25.8 Å². The van der Waals surface area contributed by atoms with Gasteiger partial charge in [0.15, 0.2) is 5.13 Å². The molecule has 12 heteroatoms. The van der Waals surface area contributed by atoms with E-state index >= 15 is 0 Å². The van der Waals surface area contributed by atoms with Gasteiger partial charge in [0.2, 0.25) is 4.93 Å². The first-order valence-electron chi connectivity index (χ1n) is 12.8. The number of hydrogen-bond acceptors (Lipinski definition) is 10. The maximum absolute atomic E-state index is 13.9. The molecule has 0 bridgehead atoms. The number of benzene rings is 2. The average Bonchev–Trinajstić information content (AvgIpc) is 3.32. The fourth-order valence-corrected chi connectivity index (χ4v) is 7.06. The number of ether oxygens (including phenoxy) is 1. The smallest absolute Gasteiger partial charge is 0.277 e. The molecule has 3 heterocycles. The van der Waals surface area contributed by atoms with Gasteiger partial charge in [0, 0.05) is 37.0 Å². The highest BCUT2D eigenvalue weighted by atomic mass is 32.2. The standard InChI is InChI=1S/C27H32N6O4S2/c1-2-13-30-20-8-9-21-24(14-20)38-26(32-21)33-39(35,36)27(12-11-18-5-3-4-6-23(18)37-27)17-29-16-22(34)19-7-10-25(28)31-15-19/h3-10,14-15,22,29-30,34H,2,11-13,16-17H2,1H3,(H2,28,31)(H,32,33). The number of para-hydroxylation sites is 1. The molecule has 206 valence electrons. The van der Waals surface area contributed by atoms with Gasteiger partial charge in [0.05, 0.1) is 22.9 Å². The predicted octanol–water partition coefficient (Wildman–Crippen LogP) is 3.88. The number of hydrogen-bond donors (Lipinski definition) is 5. The first-order chi connectivity index (χ1) is 18.8. The summed E-state index contributed by atoms with van der Waals surface area (Å²) in [5.74, 6) is 0.878. The van der Waals surface area contributed by atoms with Gasteiger partial charge in [0.1, 0.15) is 11.6 Å². The Kier molecular flexibility index (Phi) is 7.89. The van der Waals surface area contributed by atoms with Crippen molar-refractivity contribution in [2.75, 3.05) is 35.4 Å². The third-order valence-electron chi connectivity index (χ3n) is 6.65. The van der Waals surface area contributed by atoms with E-state index in [-0.39, 0.29) is 24.6 Å². The molecule has 6 N–H and O–H groups in total. The predicted molar refractivity (Wildman–Crippen MR) is 156 cm³/mol. The zero-order valence-corrected chi connectivity index (χ0v) is 23.2. The molecule has 2 aromatic heterocycles. The highest BCUT2D eigenvalue weighted by Gasteiger charge is 2.49. The van der Waals surface area contributed by atoms with Gasteiger partial charge in [-0.25, -0.2) is 18.4 Å². The van der Waals surface area contributed by atoms with Gasteiger partial charge < -0.3 is 26.2 Å². The topological polar surface area (TPSA) is 151 Å². The lowest BCUT2D eigenvalue weighted by Crippen LogP contribution is -2.56. The molecule has 2 aromatic carbocycles. The van der Waals surface area contributed by atoms with E-state index in [0.29, 0.717) is 29.1 Å². The highest BCUT2D eigenvalue weighted by Crippen LogP contribution is 2.38. The van der Waals surface area contributed by atoms with Crippen LogP contribution in [-0.2, 0) is 16.4 Å². The Labute approximate surface area is 231 Å². The lowest BCUT2D eigenvalue weighted by atomic mass is 10.0.